The Morgan fingerprint density at radius 2 is 2.06 bits per heavy atom. The molecule has 0 fully saturated rings. The first kappa shape index (κ1) is 11.7. The molecule has 0 unspecified atom stereocenters. The predicted octanol–water partition coefficient (Wildman–Crippen LogP) is 1.73. The van der Waals surface area contributed by atoms with E-state index in [1.807, 2.05) is 29.1 Å². The Kier molecular flexibility index (Phi) is 4.16. The molecule has 0 aliphatic rings. The Balaban J connectivity index is 1.90. The highest BCUT2D eigenvalue weighted by molar-refractivity contribution is 5.38. The molecule has 4 heteroatoms. The SMILES string of the molecule is OCCCNc1cnn(Cc2ccccc2)c1. The molecule has 0 spiro atoms. The molecule has 90 valence electrons. The van der Waals surface area contributed by atoms with Gasteiger partial charge in [0.25, 0.3) is 0 Å². The molecule has 4 nitrogen and oxygen atoms in total. The van der Waals surface area contributed by atoms with Gasteiger partial charge in [0.1, 0.15) is 0 Å². The first-order chi connectivity index (χ1) is 8.38. The van der Waals surface area contributed by atoms with Crippen LogP contribution in [0, 0.1) is 0 Å². The number of nitrogens with zero attached hydrogens (tertiary/aromatic N) is 2. The lowest BCUT2D eigenvalue weighted by molar-refractivity contribution is 0.292. The summed E-state index contributed by atoms with van der Waals surface area (Å²) in [6, 6.07) is 10.2. The Hall–Kier alpha value is -1.81. The summed E-state index contributed by atoms with van der Waals surface area (Å²) in [6.45, 7) is 1.77. The van der Waals surface area contributed by atoms with Crippen molar-refractivity contribution in [3.05, 3.63) is 48.3 Å². The number of aliphatic hydroxyl groups excluding tert-OH is 1. The predicted molar refractivity (Wildman–Crippen MR) is 68.0 cm³/mol. The first-order valence-corrected chi connectivity index (χ1v) is 5.79. The second-order valence-electron chi connectivity index (χ2n) is 3.92. The molecule has 0 aliphatic carbocycles. The third-order valence-electron chi connectivity index (χ3n) is 2.48. The van der Waals surface area contributed by atoms with E-state index in [-0.39, 0.29) is 6.61 Å². The monoisotopic (exact) mass is 231 g/mol. The van der Waals surface area contributed by atoms with E-state index in [4.69, 9.17) is 5.11 Å². The lowest BCUT2D eigenvalue weighted by atomic mass is 10.2. The van der Waals surface area contributed by atoms with Gasteiger partial charge in [0, 0.05) is 19.3 Å². The van der Waals surface area contributed by atoms with Gasteiger partial charge in [-0.15, -0.1) is 0 Å². The minimum atomic E-state index is 0.213. The summed E-state index contributed by atoms with van der Waals surface area (Å²) in [4.78, 5) is 0. The van der Waals surface area contributed by atoms with Crippen LogP contribution in [0.15, 0.2) is 42.7 Å². The van der Waals surface area contributed by atoms with E-state index in [0.29, 0.717) is 0 Å². The number of aromatic nitrogens is 2. The molecule has 0 bridgehead atoms. The maximum atomic E-state index is 8.68. The number of benzene rings is 1. The summed E-state index contributed by atoms with van der Waals surface area (Å²) < 4.78 is 1.90. The first-order valence-electron chi connectivity index (χ1n) is 5.79. The van der Waals surface area contributed by atoms with E-state index in [1.165, 1.54) is 5.56 Å². The number of rotatable bonds is 6. The number of aliphatic hydroxyl groups is 1. The van der Waals surface area contributed by atoms with Crippen molar-refractivity contribution >= 4 is 5.69 Å². The van der Waals surface area contributed by atoms with Crippen LogP contribution in [0.25, 0.3) is 0 Å². The van der Waals surface area contributed by atoms with Gasteiger partial charge in [-0.2, -0.15) is 5.10 Å². The van der Waals surface area contributed by atoms with E-state index < -0.39 is 0 Å². The third kappa shape index (κ3) is 3.60. The van der Waals surface area contributed by atoms with Gasteiger partial charge in [-0.05, 0) is 12.0 Å². The van der Waals surface area contributed by atoms with E-state index in [2.05, 4.69) is 22.5 Å². The lowest BCUT2D eigenvalue weighted by Gasteiger charge is -2.02. The highest BCUT2D eigenvalue weighted by Crippen LogP contribution is 2.07. The fourth-order valence-electron chi connectivity index (χ4n) is 1.62. The molecular weight excluding hydrogens is 214 g/mol. The summed E-state index contributed by atoms with van der Waals surface area (Å²) >= 11 is 0. The van der Waals surface area contributed by atoms with Crippen molar-refractivity contribution in [2.75, 3.05) is 18.5 Å². The maximum absolute atomic E-state index is 8.68. The smallest absolute Gasteiger partial charge is 0.0726 e. The van der Waals surface area contributed by atoms with Crippen LogP contribution in [0.3, 0.4) is 0 Å². The minimum absolute atomic E-state index is 0.213. The molecule has 1 aromatic heterocycles. The van der Waals surface area contributed by atoms with Gasteiger partial charge < -0.3 is 10.4 Å². The van der Waals surface area contributed by atoms with E-state index >= 15 is 0 Å². The van der Waals surface area contributed by atoms with Crippen molar-refractivity contribution in [1.82, 2.24) is 9.78 Å². The zero-order chi connectivity index (χ0) is 11.9. The molecule has 17 heavy (non-hydrogen) atoms. The fourth-order valence-corrected chi connectivity index (χ4v) is 1.62. The van der Waals surface area contributed by atoms with Crippen molar-refractivity contribution in [1.29, 1.82) is 0 Å². The van der Waals surface area contributed by atoms with Crippen LogP contribution in [0.1, 0.15) is 12.0 Å². The van der Waals surface area contributed by atoms with Gasteiger partial charge in [-0.3, -0.25) is 4.68 Å². The topological polar surface area (TPSA) is 50.1 Å². The van der Waals surface area contributed by atoms with Crippen molar-refractivity contribution in [3.63, 3.8) is 0 Å². The fraction of sp³-hybridized carbons (Fsp3) is 0.308. The molecule has 0 amide bonds. The summed E-state index contributed by atoms with van der Waals surface area (Å²) in [5.74, 6) is 0. The highest BCUT2D eigenvalue weighted by Gasteiger charge is 1.98. The van der Waals surface area contributed by atoms with Gasteiger partial charge in [0.15, 0.2) is 0 Å². The molecule has 1 aromatic carbocycles. The number of anilines is 1. The molecule has 1 heterocycles. The van der Waals surface area contributed by atoms with Crippen LogP contribution in [-0.4, -0.2) is 28.0 Å². The summed E-state index contributed by atoms with van der Waals surface area (Å²) in [6.07, 6.45) is 4.54. The number of hydrogen-bond donors (Lipinski definition) is 2. The normalized spacial score (nSPS) is 10.4. The van der Waals surface area contributed by atoms with Crippen molar-refractivity contribution in [3.8, 4) is 0 Å². The average Bonchev–Trinajstić information content (AvgIpc) is 2.79. The molecule has 2 aromatic rings. The molecule has 0 atom stereocenters. The van der Waals surface area contributed by atoms with Crippen LogP contribution in [-0.2, 0) is 6.54 Å². The molecule has 0 aliphatic heterocycles. The summed E-state index contributed by atoms with van der Waals surface area (Å²) in [5.41, 5.74) is 2.23. The van der Waals surface area contributed by atoms with Gasteiger partial charge >= 0.3 is 0 Å². The molecular formula is C13H17N3O. The molecule has 0 saturated carbocycles. The third-order valence-corrected chi connectivity index (χ3v) is 2.48. The summed E-state index contributed by atoms with van der Waals surface area (Å²) in [7, 11) is 0. The second kappa shape index (κ2) is 6.06. The zero-order valence-corrected chi connectivity index (χ0v) is 9.71. The largest absolute Gasteiger partial charge is 0.396 e. The summed E-state index contributed by atoms with van der Waals surface area (Å²) in [5, 5.41) is 16.2. The average molecular weight is 231 g/mol. The van der Waals surface area contributed by atoms with Crippen molar-refractivity contribution in [2.45, 2.75) is 13.0 Å². The Morgan fingerprint density at radius 1 is 1.24 bits per heavy atom. The number of nitrogens with one attached hydrogen (secondary N) is 1. The second-order valence-corrected chi connectivity index (χ2v) is 3.92. The quantitative estimate of drug-likeness (QED) is 0.744. The van der Waals surface area contributed by atoms with Crippen molar-refractivity contribution in [2.24, 2.45) is 0 Å². The lowest BCUT2D eigenvalue weighted by Crippen LogP contribution is -2.03. The van der Waals surface area contributed by atoms with Crippen LogP contribution >= 0.6 is 0 Å². The Labute approximate surface area is 101 Å². The van der Waals surface area contributed by atoms with E-state index in [1.54, 1.807) is 6.20 Å². The van der Waals surface area contributed by atoms with Gasteiger partial charge in [-0.25, -0.2) is 0 Å². The molecule has 2 rings (SSSR count). The van der Waals surface area contributed by atoms with Gasteiger partial charge in [0.05, 0.1) is 18.4 Å². The molecule has 2 N–H and O–H groups in total. The number of hydrogen-bond acceptors (Lipinski definition) is 3. The molecule has 0 saturated heterocycles. The van der Waals surface area contributed by atoms with E-state index in [0.717, 1.165) is 25.2 Å². The van der Waals surface area contributed by atoms with Crippen LogP contribution < -0.4 is 5.32 Å². The van der Waals surface area contributed by atoms with E-state index in [9.17, 15) is 0 Å². The van der Waals surface area contributed by atoms with Crippen LogP contribution in [0.4, 0.5) is 5.69 Å². The Bertz CT molecular complexity index is 439. The Morgan fingerprint density at radius 3 is 2.82 bits per heavy atom. The minimum Gasteiger partial charge on any atom is -0.396 e. The standard InChI is InChI=1S/C13H17N3O/c17-8-4-7-14-13-9-15-16(11-13)10-12-5-2-1-3-6-12/h1-3,5-6,9,11,14,17H,4,7-8,10H2. The molecule has 0 radical (unpaired) electrons. The van der Waals surface area contributed by atoms with Gasteiger partial charge in [-0.1, -0.05) is 30.3 Å². The van der Waals surface area contributed by atoms with Crippen molar-refractivity contribution < 1.29 is 5.11 Å². The van der Waals surface area contributed by atoms with Crippen LogP contribution in [0.5, 0.6) is 0 Å². The van der Waals surface area contributed by atoms with Crippen LogP contribution in [0.2, 0.25) is 0 Å². The maximum Gasteiger partial charge on any atom is 0.0726 e. The highest BCUT2D eigenvalue weighted by atomic mass is 16.3. The van der Waals surface area contributed by atoms with Gasteiger partial charge in [0.2, 0.25) is 0 Å². The zero-order valence-electron chi connectivity index (χ0n) is 9.71.